The van der Waals surface area contributed by atoms with Crippen molar-refractivity contribution >= 4 is 11.3 Å². The molecule has 0 aliphatic carbocycles. The third kappa shape index (κ3) is 1.86. The van der Waals surface area contributed by atoms with Gasteiger partial charge in [0, 0.05) is 25.9 Å². The Balaban J connectivity index is 2.10. The van der Waals surface area contributed by atoms with Crippen LogP contribution in [0, 0.1) is 0 Å². The van der Waals surface area contributed by atoms with Crippen molar-refractivity contribution in [2.24, 2.45) is 7.05 Å². The van der Waals surface area contributed by atoms with Gasteiger partial charge in [-0.15, -0.1) is 0 Å². The van der Waals surface area contributed by atoms with Crippen LogP contribution in [0.3, 0.4) is 0 Å². The summed E-state index contributed by atoms with van der Waals surface area (Å²) in [4.78, 5) is 4.11. The molecule has 1 unspecified atom stereocenters. The highest BCUT2D eigenvalue weighted by molar-refractivity contribution is 7.07. The van der Waals surface area contributed by atoms with E-state index in [0.29, 0.717) is 6.42 Å². The molecule has 2 rings (SSSR count). The van der Waals surface area contributed by atoms with E-state index in [1.54, 1.807) is 17.5 Å². The predicted molar refractivity (Wildman–Crippen MR) is 56.2 cm³/mol. The van der Waals surface area contributed by atoms with E-state index in [0.717, 1.165) is 11.4 Å². The molecular weight excluding hydrogens is 196 g/mol. The smallest absolute Gasteiger partial charge is 0.137 e. The summed E-state index contributed by atoms with van der Waals surface area (Å²) in [6.07, 6.45) is 3.66. The Morgan fingerprint density at radius 2 is 2.50 bits per heavy atom. The minimum Gasteiger partial charge on any atom is -0.385 e. The Hall–Kier alpha value is -1.13. The van der Waals surface area contributed by atoms with Crippen LogP contribution >= 0.6 is 11.3 Å². The molecule has 1 N–H and O–H groups in total. The van der Waals surface area contributed by atoms with Crippen molar-refractivity contribution in [1.29, 1.82) is 0 Å². The zero-order chi connectivity index (χ0) is 9.97. The van der Waals surface area contributed by atoms with Crippen molar-refractivity contribution in [2.75, 3.05) is 0 Å². The molecule has 2 heterocycles. The molecule has 0 spiro atoms. The lowest BCUT2D eigenvalue weighted by atomic mass is 10.1. The number of aliphatic hydroxyl groups excluding tert-OH is 1. The average molecular weight is 208 g/mol. The van der Waals surface area contributed by atoms with E-state index in [2.05, 4.69) is 4.98 Å². The molecule has 0 aliphatic rings. The SMILES string of the molecule is Cn1ccnc1C(O)Cc1ccsc1. The molecule has 0 radical (unpaired) electrons. The van der Waals surface area contributed by atoms with Crippen LogP contribution in [-0.2, 0) is 13.5 Å². The Bertz CT molecular complexity index is 394. The van der Waals surface area contributed by atoms with Gasteiger partial charge >= 0.3 is 0 Å². The normalized spacial score (nSPS) is 13.0. The van der Waals surface area contributed by atoms with Crippen molar-refractivity contribution in [3.63, 3.8) is 0 Å². The predicted octanol–water partition coefficient (Wildman–Crippen LogP) is 1.76. The number of rotatable bonds is 3. The van der Waals surface area contributed by atoms with Crippen molar-refractivity contribution in [2.45, 2.75) is 12.5 Å². The van der Waals surface area contributed by atoms with Crippen molar-refractivity contribution in [3.8, 4) is 0 Å². The molecule has 2 aromatic rings. The van der Waals surface area contributed by atoms with Crippen LogP contribution in [0.15, 0.2) is 29.2 Å². The second-order valence-electron chi connectivity index (χ2n) is 3.25. The van der Waals surface area contributed by atoms with Gasteiger partial charge in [-0.1, -0.05) is 0 Å². The molecule has 74 valence electrons. The van der Waals surface area contributed by atoms with Gasteiger partial charge in [0.2, 0.25) is 0 Å². The highest BCUT2D eigenvalue weighted by Crippen LogP contribution is 2.17. The van der Waals surface area contributed by atoms with E-state index in [1.807, 2.05) is 34.6 Å². The van der Waals surface area contributed by atoms with Gasteiger partial charge in [0.15, 0.2) is 0 Å². The number of aliphatic hydroxyl groups is 1. The van der Waals surface area contributed by atoms with Crippen LogP contribution in [0.25, 0.3) is 0 Å². The molecule has 0 aliphatic heterocycles. The van der Waals surface area contributed by atoms with E-state index < -0.39 is 6.10 Å². The number of aromatic nitrogens is 2. The minimum atomic E-state index is -0.510. The number of thiophene rings is 1. The second-order valence-corrected chi connectivity index (χ2v) is 4.03. The lowest BCUT2D eigenvalue weighted by Crippen LogP contribution is -2.07. The number of aryl methyl sites for hydroxylation is 1. The molecule has 0 saturated heterocycles. The molecule has 0 amide bonds. The average Bonchev–Trinajstić information content (AvgIpc) is 2.75. The minimum absolute atomic E-state index is 0.510. The summed E-state index contributed by atoms with van der Waals surface area (Å²) in [6, 6.07) is 2.02. The van der Waals surface area contributed by atoms with E-state index in [1.165, 1.54) is 0 Å². The molecule has 0 fully saturated rings. The van der Waals surface area contributed by atoms with Crippen LogP contribution in [0.2, 0.25) is 0 Å². The first-order chi connectivity index (χ1) is 6.77. The molecule has 0 aromatic carbocycles. The lowest BCUT2D eigenvalue weighted by molar-refractivity contribution is 0.165. The van der Waals surface area contributed by atoms with Crippen molar-refractivity contribution in [3.05, 3.63) is 40.6 Å². The summed E-state index contributed by atoms with van der Waals surface area (Å²) in [5.41, 5.74) is 1.16. The standard InChI is InChI=1S/C10H12N2OS/c1-12-4-3-11-10(12)9(13)6-8-2-5-14-7-8/h2-5,7,9,13H,6H2,1H3. The zero-order valence-corrected chi connectivity index (χ0v) is 8.74. The third-order valence-electron chi connectivity index (χ3n) is 2.17. The summed E-state index contributed by atoms with van der Waals surface area (Å²) in [7, 11) is 1.89. The first-order valence-electron chi connectivity index (χ1n) is 4.43. The van der Waals surface area contributed by atoms with Crippen LogP contribution in [-0.4, -0.2) is 14.7 Å². The lowest BCUT2D eigenvalue weighted by Gasteiger charge is -2.08. The fourth-order valence-corrected chi connectivity index (χ4v) is 2.10. The number of hydrogen-bond acceptors (Lipinski definition) is 3. The summed E-state index contributed by atoms with van der Waals surface area (Å²) < 4.78 is 1.84. The molecule has 2 aromatic heterocycles. The van der Waals surface area contributed by atoms with E-state index in [4.69, 9.17) is 0 Å². The fourth-order valence-electron chi connectivity index (χ4n) is 1.42. The summed E-state index contributed by atoms with van der Waals surface area (Å²) in [5.74, 6) is 0.719. The van der Waals surface area contributed by atoms with Gasteiger partial charge in [-0.2, -0.15) is 11.3 Å². The van der Waals surface area contributed by atoms with E-state index in [-0.39, 0.29) is 0 Å². The summed E-state index contributed by atoms with van der Waals surface area (Å²) in [5, 5.41) is 13.9. The molecule has 0 bridgehead atoms. The monoisotopic (exact) mass is 208 g/mol. The molecular formula is C10H12N2OS. The van der Waals surface area contributed by atoms with Gasteiger partial charge in [-0.25, -0.2) is 4.98 Å². The first-order valence-corrected chi connectivity index (χ1v) is 5.38. The van der Waals surface area contributed by atoms with Gasteiger partial charge in [0.1, 0.15) is 11.9 Å². The maximum Gasteiger partial charge on any atom is 0.137 e. The highest BCUT2D eigenvalue weighted by Gasteiger charge is 2.12. The number of nitrogens with zero attached hydrogens (tertiary/aromatic N) is 2. The Morgan fingerprint density at radius 3 is 3.07 bits per heavy atom. The molecule has 0 saturated carbocycles. The maximum absolute atomic E-state index is 9.88. The van der Waals surface area contributed by atoms with E-state index >= 15 is 0 Å². The van der Waals surface area contributed by atoms with E-state index in [9.17, 15) is 5.11 Å². The quantitative estimate of drug-likeness (QED) is 0.834. The van der Waals surface area contributed by atoms with Crippen LogP contribution in [0.1, 0.15) is 17.5 Å². The molecule has 3 nitrogen and oxygen atoms in total. The Kier molecular flexibility index (Phi) is 2.65. The van der Waals surface area contributed by atoms with Gasteiger partial charge in [-0.3, -0.25) is 0 Å². The topological polar surface area (TPSA) is 38.0 Å². The third-order valence-corrected chi connectivity index (χ3v) is 2.90. The maximum atomic E-state index is 9.88. The van der Waals surface area contributed by atoms with Crippen LogP contribution < -0.4 is 0 Å². The molecule has 4 heteroatoms. The highest BCUT2D eigenvalue weighted by atomic mass is 32.1. The first kappa shape index (κ1) is 9.43. The largest absolute Gasteiger partial charge is 0.385 e. The fraction of sp³-hybridized carbons (Fsp3) is 0.300. The Labute approximate surface area is 86.7 Å². The van der Waals surface area contributed by atoms with Crippen molar-refractivity contribution in [1.82, 2.24) is 9.55 Å². The summed E-state index contributed by atoms with van der Waals surface area (Å²) in [6.45, 7) is 0. The Morgan fingerprint density at radius 1 is 1.64 bits per heavy atom. The van der Waals surface area contributed by atoms with Gasteiger partial charge in [0.25, 0.3) is 0 Å². The number of imidazole rings is 1. The van der Waals surface area contributed by atoms with Gasteiger partial charge in [0.05, 0.1) is 0 Å². The van der Waals surface area contributed by atoms with Gasteiger partial charge in [-0.05, 0) is 22.4 Å². The van der Waals surface area contributed by atoms with Crippen molar-refractivity contribution < 1.29 is 5.11 Å². The van der Waals surface area contributed by atoms with Crippen LogP contribution in [0.5, 0.6) is 0 Å². The van der Waals surface area contributed by atoms with Gasteiger partial charge < -0.3 is 9.67 Å². The molecule has 14 heavy (non-hydrogen) atoms. The number of hydrogen-bond donors (Lipinski definition) is 1. The molecule has 1 atom stereocenters. The second kappa shape index (κ2) is 3.94. The summed E-state index contributed by atoms with van der Waals surface area (Å²) >= 11 is 1.64. The zero-order valence-electron chi connectivity index (χ0n) is 7.92. The van der Waals surface area contributed by atoms with Crippen LogP contribution in [0.4, 0.5) is 0 Å².